The van der Waals surface area contributed by atoms with Crippen LogP contribution in [0.25, 0.3) is 0 Å². The zero-order valence-corrected chi connectivity index (χ0v) is 13.6. The molecular weight excluding hydrogens is 316 g/mol. The molecule has 1 aromatic rings. The molecule has 0 radical (unpaired) electrons. The molecular formula is C17H21F2N3O2. The number of aryl methyl sites for hydroxylation is 1. The van der Waals surface area contributed by atoms with E-state index in [-0.39, 0.29) is 23.1 Å². The second-order valence-electron chi connectivity index (χ2n) is 6.39. The summed E-state index contributed by atoms with van der Waals surface area (Å²) in [5, 5.41) is 3.03. The number of likely N-dealkylation sites (tertiary alicyclic amines) is 1. The minimum Gasteiger partial charge on any atom is -0.336 e. The van der Waals surface area contributed by atoms with E-state index >= 15 is 0 Å². The van der Waals surface area contributed by atoms with E-state index in [4.69, 9.17) is 0 Å². The molecule has 0 spiro atoms. The molecule has 24 heavy (non-hydrogen) atoms. The van der Waals surface area contributed by atoms with E-state index in [9.17, 15) is 18.4 Å². The second-order valence-corrected chi connectivity index (χ2v) is 6.39. The first-order valence-electron chi connectivity index (χ1n) is 8.22. The predicted molar refractivity (Wildman–Crippen MR) is 84.6 cm³/mol. The zero-order chi connectivity index (χ0) is 17.3. The van der Waals surface area contributed by atoms with Crippen LogP contribution in [0.2, 0.25) is 0 Å². The Morgan fingerprint density at radius 2 is 2.04 bits per heavy atom. The third-order valence-corrected chi connectivity index (χ3v) is 4.73. The third-order valence-electron chi connectivity index (χ3n) is 4.73. The molecule has 2 fully saturated rings. The Morgan fingerprint density at radius 3 is 2.79 bits per heavy atom. The molecule has 0 aliphatic carbocycles. The van der Waals surface area contributed by atoms with Gasteiger partial charge in [-0.25, -0.2) is 8.78 Å². The topological polar surface area (TPSA) is 52.7 Å². The molecule has 130 valence electrons. The summed E-state index contributed by atoms with van der Waals surface area (Å²) in [5.41, 5.74) is 0.131. The highest BCUT2D eigenvalue weighted by Gasteiger charge is 2.32. The van der Waals surface area contributed by atoms with Gasteiger partial charge in [0.15, 0.2) is 0 Å². The van der Waals surface area contributed by atoms with E-state index in [1.54, 1.807) is 4.90 Å². The molecule has 2 amide bonds. The molecule has 1 atom stereocenters. The highest BCUT2D eigenvalue weighted by molar-refractivity contribution is 5.94. The van der Waals surface area contributed by atoms with E-state index in [2.05, 4.69) is 5.32 Å². The zero-order valence-electron chi connectivity index (χ0n) is 13.6. The number of hydrogen-bond acceptors (Lipinski definition) is 3. The third kappa shape index (κ3) is 3.26. The van der Waals surface area contributed by atoms with Gasteiger partial charge in [-0.05, 0) is 31.4 Å². The van der Waals surface area contributed by atoms with Crippen molar-refractivity contribution in [1.29, 1.82) is 0 Å². The maximum Gasteiger partial charge on any atom is 0.256 e. The molecule has 2 aliphatic heterocycles. The van der Waals surface area contributed by atoms with Gasteiger partial charge in [-0.3, -0.25) is 9.59 Å². The molecule has 7 heteroatoms. The van der Waals surface area contributed by atoms with Gasteiger partial charge in [-0.2, -0.15) is 0 Å². The van der Waals surface area contributed by atoms with Gasteiger partial charge in [0.2, 0.25) is 5.91 Å². The van der Waals surface area contributed by atoms with Crippen molar-refractivity contribution in [2.45, 2.75) is 25.8 Å². The summed E-state index contributed by atoms with van der Waals surface area (Å²) in [6.45, 7) is 4.09. The molecule has 3 rings (SSSR count). The molecule has 1 aromatic carbocycles. The normalized spacial score (nSPS) is 22.0. The van der Waals surface area contributed by atoms with Crippen LogP contribution in [0, 0.1) is 18.6 Å². The first kappa shape index (κ1) is 16.8. The van der Waals surface area contributed by atoms with Crippen molar-refractivity contribution in [3.05, 3.63) is 34.9 Å². The van der Waals surface area contributed by atoms with Gasteiger partial charge in [-0.1, -0.05) is 0 Å². The molecule has 0 bridgehead atoms. The minimum absolute atomic E-state index is 0.0318. The van der Waals surface area contributed by atoms with Crippen molar-refractivity contribution < 1.29 is 18.4 Å². The monoisotopic (exact) mass is 337 g/mol. The lowest BCUT2D eigenvalue weighted by Crippen LogP contribution is -2.57. The van der Waals surface area contributed by atoms with Gasteiger partial charge in [0.05, 0.1) is 12.1 Å². The van der Waals surface area contributed by atoms with E-state index < -0.39 is 17.5 Å². The highest BCUT2D eigenvalue weighted by atomic mass is 19.1. The Kier molecular flexibility index (Phi) is 4.80. The summed E-state index contributed by atoms with van der Waals surface area (Å²) in [4.78, 5) is 28.1. The van der Waals surface area contributed by atoms with Crippen LogP contribution >= 0.6 is 0 Å². The number of nitrogens with zero attached hydrogens (tertiary/aromatic N) is 2. The number of rotatable bonds is 2. The number of hydrogen-bond donors (Lipinski definition) is 1. The number of benzene rings is 1. The van der Waals surface area contributed by atoms with Crippen molar-refractivity contribution in [1.82, 2.24) is 15.1 Å². The van der Waals surface area contributed by atoms with Crippen molar-refractivity contribution >= 4 is 11.8 Å². The molecule has 1 N–H and O–H groups in total. The number of carbonyl (C=O) groups excluding carboxylic acids is 2. The van der Waals surface area contributed by atoms with Gasteiger partial charge >= 0.3 is 0 Å². The number of amides is 2. The summed E-state index contributed by atoms with van der Waals surface area (Å²) in [6.07, 6.45) is 1.59. The van der Waals surface area contributed by atoms with Gasteiger partial charge in [0, 0.05) is 38.3 Å². The maximum atomic E-state index is 14.0. The fraction of sp³-hybridized carbons (Fsp3) is 0.529. The average molecular weight is 337 g/mol. The van der Waals surface area contributed by atoms with E-state index in [1.165, 1.54) is 13.0 Å². The van der Waals surface area contributed by atoms with E-state index in [0.717, 1.165) is 25.5 Å². The van der Waals surface area contributed by atoms with Crippen LogP contribution in [0.5, 0.6) is 0 Å². The molecule has 1 unspecified atom stereocenters. The summed E-state index contributed by atoms with van der Waals surface area (Å²) >= 11 is 0. The summed E-state index contributed by atoms with van der Waals surface area (Å²) in [7, 11) is 0. The number of carbonyl (C=O) groups is 2. The number of halogens is 2. The van der Waals surface area contributed by atoms with Gasteiger partial charge in [0.25, 0.3) is 5.91 Å². The Morgan fingerprint density at radius 1 is 1.25 bits per heavy atom. The minimum atomic E-state index is -0.844. The van der Waals surface area contributed by atoms with Crippen LogP contribution in [-0.2, 0) is 4.79 Å². The van der Waals surface area contributed by atoms with Crippen LogP contribution in [0.1, 0.15) is 28.8 Å². The molecule has 2 heterocycles. The fourth-order valence-electron chi connectivity index (χ4n) is 3.39. The van der Waals surface area contributed by atoms with Crippen LogP contribution in [0.3, 0.4) is 0 Å². The van der Waals surface area contributed by atoms with Crippen molar-refractivity contribution in [2.75, 3.05) is 32.7 Å². The van der Waals surface area contributed by atoms with Crippen LogP contribution in [0.4, 0.5) is 8.78 Å². The maximum absolute atomic E-state index is 14.0. The first-order chi connectivity index (χ1) is 11.5. The fourth-order valence-corrected chi connectivity index (χ4v) is 3.39. The molecule has 2 aliphatic rings. The SMILES string of the molecule is Cc1cc(C(=O)N2CCCC(N3CCNCC3=O)C2)c(F)cc1F. The Bertz CT molecular complexity index is 665. The Labute approximate surface area is 139 Å². The van der Waals surface area contributed by atoms with Crippen molar-refractivity contribution in [3.8, 4) is 0 Å². The summed E-state index contributed by atoms with van der Waals surface area (Å²) in [6, 6.07) is 1.97. The summed E-state index contributed by atoms with van der Waals surface area (Å²) in [5.74, 6) is -1.91. The molecule has 0 saturated carbocycles. The predicted octanol–water partition coefficient (Wildman–Crippen LogP) is 1.31. The van der Waals surface area contributed by atoms with Crippen LogP contribution < -0.4 is 5.32 Å². The largest absolute Gasteiger partial charge is 0.336 e. The Balaban J connectivity index is 1.76. The summed E-state index contributed by atoms with van der Waals surface area (Å²) < 4.78 is 27.4. The van der Waals surface area contributed by atoms with Crippen LogP contribution in [-0.4, -0.2) is 60.4 Å². The van der Waals surface area contributed by atoms with Crippen molar-refractivity contribution in [3.63, 3.8) is 0 Å². The number of piperazine rings is 1. The molecule has 0 aromatic heterocycles. The van der Waals surface area contributed by atoms with Gasteiger partial charge < -0.3 is 15.1 Å². The van der Waals surface area contributed by atoms with E-state index in [0.29, 0.717) is 26.2 Å². The highest BCUT2D eigenvalue weighted by Crippen LogP contribution is 2.21. The second kappa shape index (κ2) is 6.84. The quantitative estimate of drug-likeness (QED) is 0.885. The lowest BCUT2D eigenvalue weighted by Gasteiger charge is -2.41. The standard InChI is InChI=1S/C17H21F2N3O2/c1-11-7-13(15(19)8-14(11)18)17(24)21-5-2-3-12(10-21)22-6-4-20-9-16(22)23/h7-8,12,20H,2-6,9-10H2,1H3. The van der Waals surface area contributed by atoms with Gasteiger partial charge in [-0.15, -0.1) is 0 Å². The molecule has 5 nitrogen and oxygen atoms in total. The van der Waals surface area contributed by atoms with Gasteiger partial charge in [0.1, 0.15) is 11.6 Å². The smallest absolute Gasteiger partial charge is 0.256 e. The van der Waals surface area contributed by atoms with Crippen LogP contribution in [0.15, 0.2) is 12.1 Å². The van der Waals surface area contributed by atoms with E-state index in [1.807, 2.05) is 4.90 Å². The average Bonchev–Trinajstić information content (AvgIpc) is 2.58. The Hall–Kier alpha value is -2.02. The lowest BCUT2D eigenvalue weighted by molar-refractivity contribution is -0.135. The number of piperidine rings is 1. The van der Waals surface area contributed by atoms with Crippen molar-refractivity contribution in [2.24, 2.45) is 0 Å². The molecule has 2 saturated heterocycles. The number of nitrogens with one attached hydrogen (secondary N) is 1. The lowest BCUT2D eigenvalue weighted by atomic mass is 10.0. The first-order valence-corrected chi connectivity index (χ1v) is 8.22.